The van der Waals surface area contributed by atoms with Gasteiger partial charge >= 0.3 is 0 Å². The first-order valence-electron chi connectivity index (χ1n) is 6.20. The van der Waals surface area contributed by atoms with Gasteiger partial charge in [0, 0.05) is 4.47 Å². The van der Waals surface area contributed by atoms with Crippen LogP contribution in [0.4, 0.5) is 0 Å². The molecule has 1 atom stereocenters. The summed E-state index contributed by atoms with van der Waals surface area (Å²) in [5.74, 6) is -0.0630. The molecule has 0 aliphatic rings. The molecular weight excluding hydrogens is 302 g/mol. The third-order valence-electron chi connectivity index (χ3n) is 3.08. The predicted octanol–water partition coefficient (Wildman–Crippen LogP) is 4.25. The molecular formula is C16H16BrNO. The Morgan fingerprint density at radius 3 is 2.47 bits per heavy atom. The van der Waals surface area contributed by atoms with Gasteiger partial charge in [-0.25, -0.2) is 0 Å². The zero-order valence-corrected chi connectivity index (χ0v) is 12.6. The van der Waals surface area contributed by atoms with Gasteiger partial charge in [0.05, 0.1) is 11.6 Å². The van der Waals surface area contributed by atoms with Crippen LogP contribution in [0.2, 0.25) is 0 Å². The van der Waals surface area contributed by atoms with Gasteiger partial charge in [-0.3, -0.25) is 4.79 Å². The van der Waals surface area contributed by atoms with Gasteiger partial charge in [0.2, 0.25) is 0 Å². The van der Waals surface area contributed by atoms with Gasteiger partial charge in [-0.05, 0) is 47.0 Å². The summed E-state index contributed by atoms with van der Waals surface area (Å²) in [4.78, 5) is 12.3. The first-order valence-corrected chi connectivity index (χ1v) is 7.00. The molecule has 0 saturated heterocycles. The van der Waals surface area contributed by atoms with E-state index in [4.69, 9.17) is 0 Å². The Bertz CT molecular complexity index is 581. The molecule has 0 spiro atoms. The number of aryl methyl sites for hydroxylation is 1. The minimum absolute atomic E-state index is 0.0129. The molecule has 0 saturated carbocycles. The Kier molecular flexibility index (Phi) is 4.38. The van der Waals surface area contributed by atoms with Crippen molar-refractivity contribution in [3.05, 3.63) is 69.7 Å². The van der Waals surface area contributed by atoms with Gasteiger partial charge in [-0.15, -0.1) is 0 Å². The molecule has 0 unspecified atom stereocenters. The molecule has 3 heteroatoms. The highest BCUT2D eigenvalue weighted by Crippen LogP contribution is 2.22. The third-order valence-corrected chi connectivity index (χ3v) is 4.14. The number of halogens is 1. The Morgan fingerprint density at radius 1 is 1.11 bits per heavy atom. The van der Waals surface area contributed by atoms with Crippen molar-refractivity contribution in [2.45, 2.75) is 19.9 Å². The number of hydrogen-bond donors (Lipinski definition) is 1. The first kappa shape index (κ1) is 13.8. The molecule has 19 heavy (non-hydrogen) atoms. The van der Waals surface area contributed by atoms with Crippen LogP contribution in [0, 0.1) is 6.92 Å². The molecule has 2 aromatic carbocycles. The molecule has 0 fully saturated rings. The lowest BCUT2D eigenvalue weighted by molar-refractivity contribution is 0.0939. The van der Waals surface area contributed by atoms with Crippen LogP contribution in [0.3, 0.4) is 0 Å². The summed E-state index contributed by atoms with van der Waals surface area (Å²) in [6.45, 7) is 3.96. The smallest absolute Gasteiger partial charge is 0.252 e. The molecule has 1 N–H and O–H groups in total. The van der Waals surface area contributed by atoms with Gasteiger partial charge in [0.25, 0.3) is 5.91 Å². The number of benzene rings is 2. The van der Waals surface area contributed by atoms with Crippen LogP contribution in [0.15, 0.2) is 53.0 Å². The molecule has 1 amide bonds. The van der Waals surface area contributed by atoms with Crippen molar-refractivity contribution in [1.29, 1.82) is 0 Å². The summed E-state index contributed by atoms with van der Waals surface area (Å²) < 4.78 is 0.854. The van der Waals surface area contributed by atoms with Crippen LogP contribution in [0.5, 0.6) is 0 Å². The monoisotopic (exact) mass is 317 g/mol. The molecule has 2 nitrogen and oxygen atoms in total. The van der Waals surface area contributed by atoms with E-state index in [1.807, 2.05) is 62.4 Å². The van der Waals surface area contributed by atoms with E-state index >= 15 is 0 Å². The molecule has 0 bridgehead atoms. The maximum Gasteiger partial charge on any atom is 0.252 e. The average molecular weight is 318 g/mol. The first-order chi connectivity index (χ1) is 9.09. The number of carbonyl (C=O) groups is 1. The van der Waals surface area contributed by atoms with Gasteiger partial charge in [0.15, 0.2) is 0 Å². The molecule has 0 aliphatic heterocycles. The van der Waals surface area contributed by atoms with Crippen LogP contribution < -0.4 is 5.32 Å². The quantitative estimate of drug-likeness (QED) is 0.901. The molecule has 0 aromatic heterocycles. The fraction of sp³-hybridized carbons (Fsp3) is 0.188. The van der Waals surface area contributed by atoms with E-state index in [2.05, 4.69) is 21.2 Å². The Morgan fingerprint density at radius 2 is 1.79 bits per heavy atom. The highest BCUT2D eigenvalue weighted by Gasteiger charge is 2.14. The molecule has 2 rings (SSSR count). The van der Waals surface area contributed by atoms with E-state index in [0.29, 0.717) is 5.56 Å². The van der Waals surface area contributed by atoms with E-state index < -0.39 is 0 Å². The van der Waals surface area contributed by atoms with Crippen LogP contribution >= 0.6 is 15.9 Å². The maximum absolute atomic E-state index is 12.3. The standard InChI is InChI=1S/C16H16BrNO/c1-11-7-6-10-14(15(11)17)16(19)18-12(2)13-8-4-3-5-9-13/h3-10,12H,1-2H3,(H,18,19)/t12-/m1/s1. The maximum atomic E-state index is 12.3. The second-order valence-corrected chi connectivity index (χ2v) is 5.34. The number of amides is 1. The zero-order chi connectivity index (χ0) is 13.8. The van der Waals surface area contributed by atoms with Crippen molar-refractivity contribution < 1.29 is 4.79 Å². The lowest BCUT2D eigenvalue weighted by Crippen LogP contribution is -2.27. The van der Waals surface area contributed by atoms with Crippen LogP contribution in [0.25, 0.3) is 0 Å². The van der Waals surface area contributed by atoms with Crippen molar-refractivity contribution in [2.75, 3.05) is 0 Å². The van der Waals surface area contributed by atoms with Crippen molar-refractivity contribution in [3.8, 4) is 0 Å². The van der Waals surface area contributed by atoms with Gasteiger partial charge in [-0.2, -0.15) is 0 Å². The van der Waals surface area contributed by atoms with Crippen molar-refractivity contribution in [1.82, 2.24) is 5.32 Å². The highest BCUT2D eigenvalue weighted by atomic mass is 79.9. The number of nitrogens with one attached hydrogen (secondary N) is 1. The summed E-state index contributed by atoms with van der Waals surface area (Å²) in [6, 6.07) is 15.6. The topological polar surface area (TPSA) is 29.1 Å². The molecule has 2 aromatic rings. The fourth-order valence-corrected chi connectivity index (χ4v) is 2.37. The number of carbonyl (C=O) groups excluding carboxylic acids is 1. The minimum Gasteiger partial charge on any atom is -0.345 e. The fourth-order valence-electron chi connectivity index (χ4n) is 1.92. The largest absolute Gasteiger partial charge is 0.345 e. The lowest BCUT2D eigenvalue weighted by atomic mass is 10.1. The molecule has 0 aliphatic carbocycles. The van der Waals surface area contributed by atoms with Crippen LogP contribution in [0.1, 0.15) is 34.5 Å². The normalized spacial score (nSPS) is 11.9. The second-order valence-electron chi connectivity index (χ2n) is 4.54. The summed E-state index contributed by atoms with van der Waals surface area (Å²) in [5, 5.41) is 3.01. The summed E-state index contributed by atoms with van der Waals surface area (Å²) >= 11 is 3.47. The van der Waals surface area contributed by atoms with E-state index in [1.165, 1.54) is 0 Å². The molecule has 98 valence electrons. The summed E-state index contributed by atoms with van der Waals surface area (Å²) in [5.41, 5.74) is 2.82. The molecule has 0 heterocycles. The third kappa shape index (κ3) is 3.24. The average Bonchev–Trinajstić information content (AvgIpc) is 2.42. The van der Waals surface area contributed by atoms with Gasteiger partial charge < -0.3 is 5.32 Å². The Hall–Kier alpha value is -1.61. The summed E-state index contributed by atoms with van der Waals surface area (Å²) in [7, 11) is 0. The van der Waals surface area contributed by atoms with E-state index in [1.54, 1.807) is 0 Å². The van der Waals surface area contributed by atoms with Crippen molar-refractivity contribution >= 4 is 21.8 Å². The van der Waals surface area contributed by atoms with E-state index in [-0.39, 0.29) is 11.9 Å². The number of hydrogen-bond acceptors (Lipinski definition) is 1. The highest BCUT2D eigenvalue weighted by molar-refractivity contribution is 9.10. The SMILES string of the molecule is Cc1cccc(C(=O)N[C@H](C)c2ccccc2)c1Br. The van der Waals surface area contributed by atoms with Crippen LogP contribution in [-0.4, -0.2) is 5.91 Å². The number of rotatable bonds is 3. The van der Waals surface area contributed by atoms with Crippen molar-refractivity contribution in [2.24, 2.45) is 0 Å². The van der Waals surface area contributed by atoms with Crippen molar-refractivity contribution in [3.63, 3.8) is 0 Å². The van der Waals surface area contributed by atoms with Gasteiger partial charge in [-0.1, -0.05) is 42.5 Å². The summed E-state index contributed by atoms with van der Waals surface area (Å²) in [6.07, 6.45) is 0. The predicted molar refractivity (Wildman–Crippen MR) is 81.2 cm³/mol. The minimum atomic E-state index is -0.0630. The van der Waals surface area contributed by atoms with E-state index in [9.17, 15) is 4.79 Å². The van der Waals surface area contributed by atoms with Gasteiger partial charge in [0.1, 0.15) is 0 Å². The second kappa shape index (κ2) is 6.02. The molecule has 0 radical (unpaired) electrons. The lowest BCUT2D eigenvalue weighted by Gasteiger charge is -2.15. The Balaban J connectivity index is 2.16. The van der Waals surface area contributed by atoms with Crippen LogP contribution in [-0.2, 0) is 0 Å². The van der Waals surface area contributed by atoms with E-state index in [0.717, 1.165) is 15.6 Å². The Labute approximate surface area is 122 Å². The zero-order valence-electron chi connectivity index (χ0n) is 11.0.